The number of rotatable bonds is 3. The number of carbonyl (C=O) groups excluding carboxylic acids is 4. The van der Waals surface area contributed by atoms with Crippen LogP contribution in [-0.4, -0.2) is 75.7 Å². The Morgan fingerprint density at radius 1 is 1.18 bits per heavy atom. The highest BCUT2D eigenvalue weighted by atomic mass is 19.1. The number of pyridine rings is 1. The summed E-state index contributed by atoms with van der Waals surface area (Å²) in [7, 11) is 0. The number of hydrogen-bond acceptors (Lipinski definition) is 8. The first kappa shape index (κ1) is 34.6. The van der Waals surface area contributed by atoms with Gasteiger partial charge >= 0.3 is 12.1 Å². The van der Waals surface area contributed by atoms with Gasteiger partial charge in [0.1, 0.15) is 45.9 Å². The maximum absolute atomic E-state index is 14.7. The number of para-hydroxylation sites is 1. The Bertz CT molecular complexity index is 1690. The molecule has 1 aromatic heterocycles. The van der Waals surface area contributed by atoms with Crippen LogP contribution in [-0.2, 0) is 30.3 Å². The molecule has 5 atom stereocenters. The van der Waals surface area contributed by atoms with Gasteiger partial charge in [-0.2, -0.15) is 0 Å². The Balaban J connectivity index is 1.36. The third kappa shape index (κ3) is 6.96. The quantitative estimate of drug-likeness (QED) is 0.334. The summed E-state index contributed by atoms with van der Waals surface area (Å²) in [6, 6.07) is 2.91. The van der Waals surface area contributed by atoms with E-state index >= 15 is 0 Å². The molecule has 1 saturated heterocycles. The van der Waals surface area contributed by atoms with Crippen molar-refractivity contribution in [3.05, 3.63) is 47.4 Å². The zero-order chi connectivity index (χ0) is 35.1. The van der Waals surface area contributed by atoms with E-state index < -0.39 is 58.5 Å². The van der Waals surface area contributed by atoms with Crippen LogP contribution in [0.1, 0.15) is 90.3 Å². The van der Waals surface area contributed by atoms with E-state index in [1.807, 2.05) is 18.2 Å². The molecule has 0 bridgehead atoms. The molecule has 6 rings (SSSR count). The van der Waals surface area contributed by atoms with Gasteiger partial charge in [0, 0.05) is 23.3 Å². The van der Waals surface area contributed by atoms with Gasteiger partial charge in [-0.1, -0.05) is 37.1 Å². The van der Waals surface area contributed by atoms with Gasteiger partial charge in [0.05, 0.1) is 18.8 Å². The Hall–Kier alpha value is -4.22. The summed E-state index contributed by atoms with van der Waals surface area (Å²) in [6.45, 7) is 8.98. The third-order valence-electron chi connectivity index (χ3n) is 10.1. The molecule has 49 heavy (non-hydrogen) atoms. The molecule has 2 N–H and O–H groups in total. The average Bonchev–Trinajstić information content (AvgIpc) is 3.61. The highest BCUT2D eigenvalue weighted by molar-refractivity contribution is 5.97. The van der Waals surface area contributed by atoms with Crippen LogP contribution in [0.15, 0.2) is 30.4 Å². The first-order valence-corrected chi connectivity index (χ1v) is 17.5. The Morgan fingerprint density at radius 2 is 1.98 bits per heavy atom. The lowest BCUT2D eigenvalue weighted by atomic mass is 9.87. The van der Waals surface area contributed by atoms with Crippen molar-refractivity contribution >= 4 is 34.8 Å². The SMILES string of the molecule is CCOC(=O)C12CC1C=CCCCCCC(NC(=O)OC(C)(C)C)C(=O)N1CC3(CCc4c(c(C)nc5c(F)cccc45)O3)CC1C(=O)N2. The number of benzene rings is 1. The topological polar surface area (TPSA) is 136 Å². The molecular weight excluding hydrogens is 631 g/mol. The fourth-order valence-corrected chi connectivity index (χ4v) is 7.57. The molecule has 0 radical (unpaired) electrons. The maximum atomic E-state index is 14.7. The molecule has 1 saturated carbocycles. The zero-order valence-electron chi connectivity index (χ0n) is 29.0. The number of esters is 1. The van der Waals surface area contributed by atoms with Crippen LogP contribution in [0.2, 0.25) is 0 Å². The fraction of sp³-hybridized carbons (Fsp3) is 0.595. The maximum Gasteiger partial charge on any atom is 0.408 e. The van der Waals surface area contributed by atoms with E-state index in [2.05, 4.69) is 15.6 Å². The summed E-state index contributed by atoms with van der Waals surface area (Å²) in [4.78, 5) is 61.1. The second-order valence-electron chi connectivity index (χ2n) is 14.9. The minimum Gasteiger partial charge on any atom is -0.483 e. The molecule has 1 spiro atoms. The van der Waals surface area contributed by atoms with Gasteiger partial charge in [-0.3, -0.25) is 9.59 Å². The van der Waals surface area contributed by atoms with E-state index in [1.165, 1.54) is 11.0 Å². The monoisotopic (exact) mass is 678 g/mol. The highest BCUT2D eigenvalue weighted by Crippen LogP contribution is 2.48. The number of aryl methyl sites for hydroxylation is 2. The van der Waals surface area contributed by atoms with E-state index in [0.717, 1.165) is 24.8 Å². The first-order valence-electron chi connectivity index (χ1n) is 17.5. The fourth-order valence-electron chi connectivity index (χ4n) is 7.57. The van der Waals surface area contributed by atoms with Gasteiger partial charge < -0.3 is 29.7 Å². The predicted molar refractivity (Wildman–Crippen MR) is 179 cm³/mol. The molecule has 264 valence electrons. The molecular formula is C37H47FN4O7. The molecule has 1 aromatic carbocycles. The largest absolute Gasteiger partial charge is 0.483 e. The van der Waals surface area contributed by atoms with Crippen LogP contribution < -0.4 is 15.4 Å². The van der Waals surface area contributed by atoms with Crippen molar-refractivity contribution in [2.24, 2.45) is 5.92 Å². The normalized spacial score (nSPS) is 28.7. The van der Waals surface area contributed by atoms with E-state index in [9.17, 15) is 23.6 Å². The first-order chi connectivity index (χ1) is 23.3. The van der Waals surface area contributed by atoms with Crippen LogP contribution in [0.5, 0.6) is 5.75 Å². The lowest BCUT2D eigenvalue weighted by Crippen LogP contribution is -2.57. The van der Waals surface area contributed by atoms with Gasteiger partial charge in [0.2, 0.25) is 11.8 Å². The number of alkyl carbamates (subject to hydrolysis) is 1. The average molecular weight is 679 g/mol. The minimum atomic E-state index is -1.22. The number of allylic oxidation sites excluding steroid dienone is 1. The van der Waals surface area contributed by atoms with Crippen molar-refractivity contribution in [1.29, 1.82) is 0 Å². The van der Waals surface area contributed by atoms with Crippen LogP contribution in [0, 0.1) is 18.7 Å². The highest BCUT2D eigenvalue weighted by Gasteiger charge is 2.63. The van der Waals surface area contributed by atoms with Gasteiger partial charge in [-0.15, -0.1) is 0 Å². The molecule has 1 aliphatic carbocycles. The number of aromatic nitrogens is 1. The summed E-state index contributed by atoms with van der Waals surface area (Å²) in [6.07, 6.45) is 8.35. The number of amides is 3. The summed E-state index contributed by atoms with van der Waals surface area (Å²) < 4.78 is 32.4. The number of nitrogens with zero attached hydrogens (tertiary/aromatic N) is 2. The second kappa shape index (κ2) is 13.2. The van der Waals surface area contributed by atoms with Crippen molar-refractivity contribution in [2.45, 2.75) is 121 Å². The predicted octanol–water partition coefficient (Wildman–Crippen LogP) is 5.20. The molecule has 4 heterocycles. The number of halogens is 1. The molecule has 12 heteroatoms. The van der Waals surface area contributed by atoms with Crippen molar-refractivity contribution in [2.75, 3.05) is 13.2 Å². The van der Waals surface area contributed by atoms with Gasteiger partial charge in [0.15, 0.2) is 0 Å². The van der Waals surface area contributed by atoms with E-state index in [1.54, 1.807) is 40.7 Å². The molecule has 3 aliphatic heterocycles. The number of carbonyl (C=O) groups is 4. The number of fused-ring (bicyclic) bond motifs is 5. The zero-order valence-corrected chi connectivity index (χ0v) is 29.0. The van der Waals surface area contributed by atoms with Crippen molar-refractivity contribution in [1.82, 2.24) is 20.5 Å². The number of hydrogen-bond donors (Lipinski definition) is 2. The van der Waals surface area contributed by atoms with E-state index in [4.69, 9.17) is 14.2 Å². The van der Waals surface area contributed by atoms with E-state index in [0.29, 0.717) is 48.9 Å². The number of nitrogens with one attached hydrogen (secondary N) is 2. The Morgan fingerprint density at radius 3 is 2.73 bits per heavy atom. The van der Waals surface area contributed by atoms with Gasteiger partial charge in [-0.25, -0.2) is 19.0 Å². The second-order valence-corrected chi connectivity index (χ2v) is 14.9. The summed E-state index contributed by atoms with van der Waals surface area (Å²) in [5.41, 5.74) is -1.31. The van der Waals surface area contributed by atoms with Crippen molar-refractivity contribution < 1.29 is 37.8 Å². The third-order valence-corrected chi connectivity index (χ3v) is 10.1. The molecule has 4 aliphatic rings. The van der Waals surface area contributed by atoms with E-state index in [-0.39, 0.29) is 31.0 Å². The summed E-state index contributed by atoms with van der Waals surface area (Å²) in [5.74, 6) is -1.50. The summed E-state index contributed by atoms with van der Waals surface area (Å²) >= 11 is 0. The smallest absolute Gasteiger partial charge is 0.408 e. The van der Waals surface area contributed by atoms with Gasteiger partial charge in [0.25, 0.3) is 0 Å². The molecule has 3 amide bonds. The molecule has 2 aromatic rings. The lowest BCUT2D eigenvalue weighted by molar-refractivity contribution is -0.150. The van der Waals surface area contributed by atoms with Crippen LogP contribution in [0.3, 0.4) is 0 Å². The summed E-state index contributed by atoms with van der Waals surface area (Å²) in [5, 5.41) is 6.46. The lowest BCUT2D eigenvalue weighted by Gasteiger charge is -2.36. The van der Waals surface area contributed by atoms with Crippen molar-refractivity contribution in [3.8, 4) is 5.75 Å². The van der Waals surface area contributed by atoms with Crippen molar-refractivity contribution in [3.63, 3.8) is 0 Å². The van der Waals surface area contributed by atoms with Crippen LogP contribution in [0.25, 0.3) is 10.9 Å². The Kier molecular flexibility index (Phi) is 9.36. The molecule has 11 nitrogen and oxygen atoms in total. The molecule has 2 fully saturated rings. The van der Waals surface area contributed by atoms with Gasteiger partial charge in [-0.05, 0) is 79.2 Å². The number of ether oxygens (including phenoxy) is 3. The van der Waals surface area contributed by atoms with Crippen LogP contribution in [0.4, 0.5) is 9.18 Å². The minimum absolute atomic E-state index is 0.0756. The standard InChI is InChI=1S/C37H47FN4O7/c1-6-47-33(45)37-19-23(37)13-10-8-7-9-11-16-27(40-34(46)49-35(3,4)5)32(44)42-21-36(20-28(42)31(43)41-37)18-17-25-24-14-12-15-26(38)29(24)39-22(2)30(25)48-36/h10,12-15,23,27-28H,6-9,11,16-21H2,1-5H3,(H,40,46)(H,41,43). The Labute approximate surface area is 286 Å². The molecule has 5 unspecified atom stereocenters. The van der Waals surface area contributed by atoms with Crippen LogP contribution >= 0.6 is 0 Å².